The monoisotopic (exact) mass is 286 g/mol. The molecule has 0 saturated carbocycles. The predicted octanol–water partition coefficient (Wildman–Crippen LogP) is 2.67. The van der Waals surface area contributed by atoms with Gasteiger partial charge in [0.2, 0.25) is 0 Å². The van der Waals surface area contributed by atoms with Crippen LogP contribution in [0.2, 0.25) is 0 Å². The molecule has 1 heterocycles. The molecule has 2 aromatic rings. The van der Waals surface area contributed by atoms with Crippen molar-refractivity contribution in [3.05, 3.63) is 52.1 Å². The van der Waals surface area contributed by atoms with Crippen LogP contribution in [0.4, 0.5) is 4.39 Å². The quantitative estimate of drug-likeness (QED) is 0.919. The fourth-order valence-corrected chi connectivity index (χ4v) is 2.36. The SMILES string of the molecule is CCNCc1c(C)nn(Cc2cc(F)ccc2C#N)c1C. The normalized spacial score (nSPS) is 10.6. The Morgan fingerprint density at radius 1 is 1.38 bits per heavy atom. The molecule has 110 valence electrons. The van der Waals surface area contributed by atoms with Crippen LogP contribution in [-0.4, -0.2) is 16.3 Å². The molecular weight excluding hydrogens is 267 g/mol. The van der Waals surface area contributed by atoms with Gasteiger partial charge in [0.15, 0.2) is 0 Å². The van der Waals surface area contributed by atoms with Gasteiger partial charge in [-0.15, -0.1) is 0 Å². The topological polar surface area (TPSA) is 53.6 Å². The molecule has 0 atom stereocenters. The first-order valence-electron chi connectivity index (χ1n) is 6.99. The van der Waals surface area contributed by atoms with Crippen molar-refractivity contribution in [1.29, 1.82) is 5.26 Å². The van der Waals surface area contributed by atoms with Gasteiger partial charge in [-0.05, 0) is 44.2 Å². The Morgan fingerprint density at radius 3 is 2.81 bits per heavy atom. The van der Waals surface area contributed by atoms with Crippen LogP contribution in [0.5, 0.6) is 0 Å². The summed E-state index contributed by atoms with van der Waals surface area (Å²) in [6.07, 6.45) is 0. The molecule has 5 heteroatoms. The third-order valence-electron chi connectivity index (χ3n) is 3.59. The molecule has 4 nitrogen and oxygen atoms in total. The summed E-state index contributed by atoms with van der Waals surface area (Å²) in [7, 11) is 0. The molecule has 0 unspecified atom stereocenters. The van der Waals surface area contributed by atoms with Crippen molar-refractivity contribution < 1.29 is 4.39 Å². The predicted molar refractivity (Wildman–Crippen MR) is 79.3 cm³/mol. The van der Waals surface area contributed by atoms with Gasteiger partial charge in [-0.1, -0.05) is 6.92 Å². The lowest BCUT2D eigenvalue weighted by atomic mass is 10.1. The van der Waals surface area contributed by atoms with Crippen LogP contribution in [0.3, 0.4) is 0 Å². The second kappa shape index (κ2) is 6.51. The second-order valence-corrected chi connectivity index (χ2v) is 5.00. The van der Waals surface area contributed by atoms with Gasteiger partial charge in [-0.2, -0.15) is 10.4 Å². The zero-order chi connectivity index (χ0) is 15.4. The zero-order valence-corrected chi connectivity index (χ0v) is 12.6. The van der Waals surface area contributed by atoms with Crippen molar-refractivity contribution in [1.82, 2.24) is 15.1 Å². The van der Waals surface area contributed by atoms with Gasteiger partial charge in [-0.3, -0.25) is 4.68 Å². The van der Waals surface area contributed by atoms with Gasteiger partial charge in [0.25, 0.3) is 0 Å². The summed E-state index contributed by atoms with van der Waals surface area (Å²) < 4.78 is 15.2. The zero-order valence-electron chi connectivity index (χ0n) is 12.6. The fourth-order valence-electron chi connectivity index (χ4n) is 2.36. The van der Waals surface area contributed by atoms with E-state index in [0.29, 0.717) is 17.7 Å². The number of aromatic nitrogens is 2. The van der Waals surface area contributed by atoms with Crippen LogP contribution in [0.1, 0.15) is 35.0 Å². The molecule has 2 rings (SSSR count). The number of rotatable bonds is 5. The number of hydrogen-bond acceptors (Lipinski definition) is 3. The van der Waals surface area contributed by atoms with Gasteiger partial charge >= 0.3 is 0 Å². The Bertz CT molecular complexity index is 682. The van der Waals surface area contributed by atoms with Gasteiger partial charge in [0.05, 0.1) is 23.9 Å². The van der Waals surface area contributed by atoms with Crippen LogP contribution >= 0.6 is 0 Å². The highest BCUT2D eigenvalue weighted by molar-refractivity contribution is 5.38. The highest BCUT2D eigenvalue weighted by atomic mass is 19.1. The minimum atomic E-state index is -0.335. The largest absolute Gasteiger partial charge is 0.313 e. The van der Waals surface area contributed by atoms with Crippen molar-refractivity contribution >= 4 is 0 Å². The van der Waals surface area contributed by atoms with Crippen LogP contribution in [0.15, 0.2) is 18.2 Å². The third-order valence-corrected chi connectivity index (χ3v) is 3.59. The summed E-state index contributed by atoms with van der Waals surface area (Å²) in [5.74, 6) is -0.335. The van der Waals surface area contributed by atoms with Crippen molar-refractivity contribution in [2.75, 3.05) is 6.54 Å². The number of nitrogens with one attached hydrogen (secondary N) is 1. The van der Waals surface area contributed by atoms with Gasteiger partial charge in [0.1, 0.15) is 5.82 Å². The molecule has 0 spiro atoms. The summed E-state index contributed by atoms with van der Waals surface area (Å²) in [6, 6.07) is 6.32. The van der Waals surface area contributed by atoms with Crippen LogP contribution < -0.4 is 5.32 Å². The molecule has 0 aliphatic carbocycles. The highest BCUT2D eigenvalue weighted by Gasteiger charge is 2.13. The highest BCUT2D eigenvalue weighted by Crippen LogP contribution is 2.17. The molecule has 21 heavy (non-hydrogen) atoms. The minimum Gasteiger partial charge on any atom is -0.313 e. The lowest BCUT2D eigenvalue weighted by Gasteiger charge is -2.08. The first-order valence-corrected chi connectivity index (χ1v) is 6.99. The fraction of sp³-hybridized carbons (Fsp3) is 0.375. The number of halogens is 1. The van der Waals surface area contributed by atoms with Crippen molar-refractivity contribution in [2.24, 2.45) is 0 Å². The van der Waals surface area contributed by atoms with Crippen LogP contribution in [-0.2, 0) is 13.1 Å². The Morgan fingerprint density at radius 2 is 2.14 bits per heavy atom. The minimum absolute atomic E-state index is 0.335. The van der Waals surface area contributed by atoms with E-state index in [1.807, 2.05) is 18.5 Å². The van der Waals surface area contributed by atoms with E-state index in [0.717, 1.165) is 30.0 Å². The molecule has 0 aliphatic heterocycles. The molecule has 1 N–H and O–H groups in total. The Hall–Kier alpha value is -2.19. The lowest BCUT2D eigenvalue weighted by Crippen LogP contribution is -2.13. The average Bonchev–Trinajstić information content (AvgIpc) is 2.72. The van der Waals surface area contributed by atoms with Crippen molar-refractivity contribution in [3.8, 4) is 6.07 Å². The second-order valence-electron chi connectivity index (χ2n) is 5.00. The standard InChI is InChI=1S/C16H19FN4/c1-4-19-9-16-11(2)20-21(12(16)3)10-14-7-15(17)6-5-13(14)8-18/h5-7,19H,4,9-10H2,1-3H3. The lowest BCUT2D eigenvalue weighted by molar-refractivity contribution is 0.614. The van der Waals surface area contributed by atoms with E-state index in [2.05, 4.69) is 23.4 Å². The average molecular weight is 286 g/mol. The first-order chi connectivity index (χ1) is 10.1. The molecule has 0 aliphatic rings. The van der Waals surface area contributed by atoms with Gasteiger partial charge < -0.3 is 5.32 Å². The molecule has 0 bridgehead atoms. The summed E-state index contributed by atoms with van der Waals surface area (Å²) in [5, 5.41) is 16.9. The molecule has 1 aromatic carbocycles. The van der Waals surface area contributed by atoms with Crippen LogP contribution in [0.25, 0.3) is 0 Å². The maximum absolute atomic E-state index is 13.4. The maximum Gasteiger partial charge on any atom is 0.123 e. The molecule has 0 radical (unpaired) electrons. The maximum atomic E-state index is 13.4. The van der Waals surface area contributed by atoms with E-state index in [9.17, 15) is 4.39 Å². The number of benzene rings is 1. The summed E-state index contributed by atoms with van der Waals surface area (Å²) >= 11 is 0. The Kier molecular flexibility index (Phi) is 4.71. The summed E-state index contributed by atoms with van der Waals surface area (Å²) in [6.45, 7) is 8.08. The van der Waals surface area contributed by atoms with Gasteiger partial charge in [0, 0.05) is 17.8 Å². The van der Waals surface area contributed by atoms with E-state index in [-0.39, 0.29) is 5.82 Å². The third kappa shape index (κ3) is 3.29. The molecule has 0 saturated heterocycles. The van der Waals surface area contributed by atoms with Crippen molar-refractivity contribution in [3.63, 3.8) is 0 Å². The first kappa shape index (κ1) is 15.2. The summed E-state index contributed by atoms with van der Waals surface area (Å²) in [4.78, 5) is 0. The van der Waals surface area contributed by atoms with E-state index in [4.69, 9.17) is 5.26 Å². The van der Waals surface area contributed by atoms with Crippen molar-refractivity contribution in [2.45, 2.75) is 33.9 Å². The van der Waals surface area contributed by atoms with Crippen LogP contribution in [0, 0.1) is 31.0 Å². The summed E-state index contributed by atoms with van der Waals surface area (Å²) in [5.41, 5.74) is 4.30. The molecule has 0 fully saturated rings. The molecule has 0 amide bonds. The number of hydrogen-bond donors (Lipinski definition) is 1. The molecule has 1 aromatic heterocycles. The Labute approximate surface area is 124 Å². The smallest absolute Gasteiger partial charge is 0.123 e. The molecular formula is C16H19FN4. The number of nitriles is 1. The number of aryl methyl sites for hydroxylation is 1. The van der Waals surface area contributed by atoms with Gasteiger partial charge in [-0.25, -0.2) is 4.39 Å². The van der Waals surface area contributed by atoms with E-state index < -0.39 is 0 Å². The van der Waals surface area contributed by atoms with E-state index >= 15 is 0 Å². The van der Waals surface area contributed by atoms with E-state index in [1.54, 1.807) is 0 Å². The van der Waals surface area contributed by atoms with E-state index in [1.165, 1.54) is 18.2 Å². The Balaban J connectivity index is 2.33. The number of nitrogens with zero attached hydrogens (tertiary/aromatic N) is 3.